The van der Waals surface area contributed by atoms with Gasteiger partial charge in [-0.2, -0.15) is 0 Å². The molecule has 0 aromatic heterocycles. The Hall–Kier alpha value is -2.85. The van der Waals surface area contributed by atoms with Crippen LogP contribution in [0.3, 0.4) is 0 Å². The summed E-state index contributed by atoms with van der Waals surface area (Å²) < 4.78 is 7.32. The van der Waals surface area contributed by atoms with Crippen LogP contribution < -0.4 is 0 Å². The smallest absolute Gasteiger partial charge is 0.0813 e. The Morgan fingerprint density at radius 2 is 1.19 bits per heavy atom. The van der Waals surface area contributed by atoms with Crippen LogP contribution in [0.25, 0.3) is 33.4 Å². The lowest BCUT2D eigenvalue weighted by molar-refractivity contribution is 0.431. The first kappa shape index (κ1) is 32.1. The fourth-order valence-electron chi connectivity index (χ4n) is 5.85. The van der Waals surface area contributed by atoms with Gasteiger partial charge in [0.25, 0.3) is 0 Å². The van der Waals surface area contributed by atoms with Crippen molar-refractivity contribution in [2.75, 3.05) is 20.7 Å². The third-order valence-corrected chi connectivity index (χ3v) is 8.80. The van der Waals surface area contributed by atoms with Crippen molar-refractivity contribution in [3.63, 3.8) is 0 Å². The number of hydrogen-bond acceptors (Lipinski definition) is 3. The van der Waals surface area contributed by atoms with Gasteiger partial charge in [0.05, 0.1) is 19.3 Å². The van der Waals surface area contributed by atoms with E-state index >= 15 is 0 Å². The van der Waals surface area contributed by atoms with Crippen LogP contribution in [-0.2, 0) is 29.9 Å². The van der Waals surface area contributed by atoms with Crippen LogP contribution in [0.5, 0.6) is 0 Å². The molecule has 4 aromatic carbocycles. The first-order valence-corrected chi connectivity index (χ1v) is 16.6. The van der Waals surface area contributed by atoms with Gasteiger partial charge in [0, 0.05) is 6.54 Å². The first-order chi connectivity index (χ1) is 20.6. The molecule has 0 aliphatic carbocycles. The molecule has 0 saturated carbocycles. The minimum atomic E-state index is 1.01. The zero-order valence-electron chi connectivity index (χ0n) is 26.4. The molecule has 0 saturated heterocycles. The number of nitrogens with zero attached hydrogens (tertiary/aromatic N) is 1. The molecule has 0 heterocycles. The van der Waals surface area contributed by atoms with Gasteiger partial charge in [-0.3, -0.25) is 0 Å². The number of aryl methyl sites for hydroxylation is 4. The molecular formula is C39H49NOS. The fourth-order valence-corrected chi connectivity index (χ4v) is 6.31. The van der Waals surface area contributed by atoms with E-state index in [1.54, 1.807) is 7.11 Å². The predicted octanol–water partition coefficient (Wildman–Crippen LogP) is 11.0. The Kier molecular flexibility index (Phi) is 12.8. The minimum absolute atomic E-state index is 1.01. The highest BCUT2D eigenvalue weighted by atomic mass is 32.2. The van der Waals surface area contributed by atoms with Gasteiger partial charge in [-0.05, 0) is 101 Å². The summed E-state index contributed by atoms with van der Waals surface area (Å²) in [7, 11) is 3.80. The second-order valence-electron chi connectivity index (χ2n) is 11.4. The highest BCUT2D eigenvalue weighted by Crippen LogP contribution is 2.33. The molecule has 222 valence electrons. The van der Waals surface area contributed by atoms with E-state index in [2.05, 4.69) is 117 Å². The van der Waals surface area contributed by atoms with Crippen molar-refractivity contribution < 1.29 is 4.18 Å². The highest BCUT2D eigenvalue weighted by Gasteiger charge is 2.11. The van der Waals surface area contributed by atoms with E-state index < -0.39 is 0 Å². The average Bonchev–Trinajstić information content (AvgIpc) is 3.02. The van der Waals surface area contributed by atoms with E-state index in [1.807, 2.05) is 0 Å². The van der Waals surface area contributed by atoms with Crippen molar-refractivity contribution in [3.8, 4) is 33.4 Å². The first-order valence-electron chi connectivity index (χ1n) is 15.9. The molecule has 42 heavy (non-hydrogen) atoms. The third kappa shape index (κ3) is 8.83. The lowest BCUT2D eigenvalue weighted by atomic mass is 9.90. The van der Waals surface area contributed by atoms with E-state index in [0.717, 1.165) is 38.6 Å². The van der Waals surface area contributed by atoms with Crippen LogP contribution >= 0.6 is 12.2 Å². The van der Waals surface area contributed by atoms with Crippen LogP contribution in [0.1, 0.15) is 75.1 Å². The van der Waals surface area contributed by atoms with Gasteiger partial charge < -0.3 is 4.18 Å². The summed E-state index contributed by atoms with van der Waals surface area (Å²) in [4.78, 5) is 0. The van der Waals surface area contributed by atoms with Crippen LogP contribution in [0, 0.1) is 0 Å². The Morgan fingerprint density at radius 1 is 0.571 bits per heavy atom. The van der Waals surface area contributed by atoms with Crippen molar-refractivity contribution in [3.05, 3.63) is 107 Å². The Bertz CT molecular complexity index is 1380. The van der Waals surface area contributed by atoms with Crippen molar-refractivity contribution in [2.45, 2.75) is 78.6 Å². The van der Waals surface area contributed by atoms with Crippen molar-refractivity contribution in [2.24, 2.45) is 0 Å². The summed E-state index contributed by atoms with van der Waals surface area (Å²) >= 11 is 1.42. The van der Waals surface area contributed by atoms with E-state index in [1.165, 1.54) is 93.5 Å². The molecule has 0 spiro atoms. The Labute approximate surface area is 259 Å². The van der Waals surface area contributed by atoms with Crippen LogP contribution in [0.2, 0.25) is 0 Å². The minimum Gasteiger partial charge on any atom is -0.304 e. The maximum absolute atomic E-state index is 5.17. The molecule has 0 aliphatic rings. The second kappa shape index (κ2) is 16.7. The molecule has 3 heteroatoms. The Morgan fingerprint density at radius 3 is 1.83 bits per heavy atom. The normalized spacial score (nSPS) is 11.4. The van der Waals surface area contributed by atoms with Gasteiger partial charge >= 0.3 is 0 Å². The lowest BCUT2D eigenvalue weighted by Crippen LogP contribution is -2.12. The number of rotatable bonds is 16. The quantitative estimate of drug-likeness (QED) is 0.0744. The molecule has 4 aromatic rings. The molecule has 0 aliphatic heterocycles. The van der Waals surface area contributed by atoms with Crippen LogP contribution in [-0.4, -0.2) is 25.0 Å². The van der Waals surface area contributed by atoms with Gasteiger partial charge in [-0.15, -0.1) is 0 Å². The standard InChI is InChI=1S/C39H49NOS/c1-6-9-10-13-30-15-17-33(18-16-30)34-19-21-35(22-20-34)36-25-26-39(37(29-36)12-7-2)38-24-23-32(31(8-3)28-38)14-11-27-40(4)42-41-5/h15-26,28-29H,6-14,27H2,1-5H3. The molecular weight excluding hydrogens is 531 g/mol. The highest BCUT2D eigenvalue weighted by molar-refractivity contribution is 7.92. The SMILES string of the molecule is CCCCCc1ccc(-c2ccc(-c3ccc(-c4ccc(CCCN(C)SOC)c(CC)c4)c(CCC)c3)cc2)cc1. The van der Waals surface area contributed by atoms with Crippen molar-refractivity contribution >= 4 is 12.2 Å². The number of unbranched alkanes of at least 4 members (excludes halogenated alkanes) is 2. The van der Waals surface area contributed by atoms with E-state index in [4.69, 9.17) is 4.18 Å². The van der Waals surface area contributed by atoms with Crippen LogP contribution in [0.15, 0.2) is 84.9 Å². The van der Waals surface area contributed by atoms with Crippen LogP contribution in [0.4, 0.5) is 0 Å². The van der Waals surface area contributed by atoms with E-state index in [9.17, 15) is 0 Å². The van der Waals surface area contributed by atoms with Crippen molar-refractivity contribution in [1.29, 1.82) is 0 Å². The molecule has 0 bridgehead atoms. The average molecular weight is 580 g/mol. The molecule has 2 nitrogen and oxygen atoms in total. The maximum Gasteiger partial charge on any atom is 0.0813 e. The monoisotopic (exact) mass is 579 g/mol. The van der Waals surface area contributed by atoms with Gasteiger partial charge in [-0.25, -0.2) is 4.31 Å². The van der Waals surface area contributed by atoms with Crippen molar-refractivity contribution in [1.82, 2.24) is 4.31 Å². The lowest BCUT2D eigenvalue weighted by Gasteiger charge is -2.16. The molecule has 4 rings (SSSR count). The van der Waals surface area contributed by atoms with Gasteiger partial charge in [-0.1, -0.05) is 125 Å². The van der Waals surface area contributed by atoms with E-state index in [0.29, 0.717) is 0 Å². The molecule has 0 N–H and O–H groups in total. The van der Waals surface area contributed by atoms with E-state index in [-0.39, 0.29) is 0 Å². The zero-order chi connectivity index (χ0) is 29.7. The summed E-state index contributed by atoms with van der Waals surface area (Å²) in [6, 6.07) is 32.4. The van der Waals surface area contributed by atoms with Gasteiger partial charge in [0.15, 0.2) is 0 Å². The third-order valence-electron chi connectivity index (χ3n) is 8.22. The number of hydrogen-bond donors (Lipinski definition) is 0. The summed E-state index contributed by atoms with van der Waals surface area (Å²) in [5.74, 6) is 0. The molecule has 0 unspecified atom stereocenters. The fraction of sp³-hybridized carbons (Fsp3) is 0.385. The maximum atomic E-state index is 5.17. The van der Waals surface area contributed by atoms with Gasteiger partial charge in [0.1, 0.15) is 0 Å². The topological polar surface area (TPSA) is 12.5 Å². The largest absolute Gasteiger partial charge is 0.304 e. The second-order valence-corrected chi connectivity index (χ2v) is 12.5. The summed E-state index contributed by atoms with van der Waals surface area (Å²) in [5.41, 5.74) is 13.7. The number of benzene rings is 4. The molecule has 0 atom stereocenters. The van der Waals surface area contributed by atoms with Gasteiger partial charge in [0.2, 0.25) is 0 Å². The molecule has 0 amide bonds. The molecule has 0 fully saturated rings. The predicted molar refractivity (Wildman–Crippen MR) is 185 cm³/mol. The summed E-state index contributed by atoms with van der Waals surface area (Å²) in [6.07, 6.45) is 10.5. The Balaban J connectivity index is 1.50. The summed E-state index contributed by atoms with van der Waals surface area (Å²) in [6.45, 7) is 7.83. The summed E-state index contributed by atoms with van der Waals surface area (Å²) in [5, 5.41) is 0. The zero-order valence-corrected chi connectivity index (χ0v) is 27.2. The molecule has 0 radical (unpaired) electrons.